The van der Waals surface area contributed by atoms with Gasteiger partial charge in [0, 0.05) is 16.0 Å². The molecule has 1 nitrogen and oxygen atoms in total. The summed E-state index contributed by atoms with van der Waals surface area (Å²) in [7, 11) is 0. The van der Waals surface area contributed by atoms with Gasteiger partial charge >= 0.3 is 0 Å². The van der Waals surface area contributed by atoms with Crippen LogP contribution in [-0.4, -0.2) is 6.26 Å². The SMILES string of the molecule is CSc1cc(F)c(C2(N)CC2)cc1F. The van der Waals surface area contributed by atoms with Gasteiger partial charge < -0.3 is 5.73 Å². The molecule has 0 radical (unpaired) electrons. The number of benzene rings is 1. The van der Waals surface area contributed by atoms with Crippen LogP contribution < -0.4 is 5.73 Å². The van der Waals surface area contributed by atoms with Crippen molar-refractivity contribution in [1.29, 1.82) is 0 Å². The Morgan fingerprint density at radius 2 is 1.93 bits per heavy atom. The van der Waals surface area contributed by atoms with E-state index >= 15 is 0 Å². The van der Waals surface area contributed by atoms with Crippen LogP contribution in [0.3, 0.4) is 0 Å². The van der Waals surface area contributed by atoms with Crippen molar-refractivity contribution in [3.8, 4) is 0 Å². The second kappa shape index (κ2) is 3.21. The second-order valence-electron chi connectivity index (χ2n) is 3.62. The van der Waals surface area contributed by atoms with Gasteiger partial charge in [0.1, 0.15) is 11.6 Å². The van der Waals surface area contributed by atoms with Gasteiger partial charge in [-0.1, -0.05) is 0 Å². The molecule has 0 aliphatic heterocycles. The minimum atomic E-state index is -0.609. The fraction of sp³-hybridized carbons (Fsp3) is 0.400. The lowest BCUT2D eigenvalue weighted by molar-refractivity contribution is 0.543. The first-order valence-corrected chi connectivity index (χ1v) is 5.62. The molecule has 0 heterocycles. The Hall–Kier alpha value is -0.610. The molecular weight excluding hydrogens is 204 g/mol. The highest BCUT2D eigenvalue weighted by atomic mass is 32.2. The van der Waals surface area contributed by atoms with E-state index in [1.807, 2.05) is 0 Å². The number of rotatable bonds is 2. The predicted octanol–water partition coefficient (Wildman–Crippen LogP) is 2.63. The average molecular weight is 215 g/mol. The minimum Gasteiger partial charge on any atom is -0.321 e. The molecule has 2 N–H and O–H groups in total. The molecule has 14 heavy (non-hydrogen) atoms. The first kappa shape index (κ1) is 9.93. The van der Waals surface area contributed by atoms with Crippen LogP contribution in [0, 0.1) is 11.6 Å². The van der Waals surface area contributed by atoms with Crippen LogP contribution in [0.5, 0.6) is 0 Å². The summed E-state index contributed by atoms with van der Waals surface area (Å²) in [5.41, 5.74) is 5.52. The third-order valence-corrected chi connectivity index (χ3v) is 3.32. The summed E-state index contributed by atoms with van der Waals surface area (Å²) >= 11 is 1.19. The molecule has 1 aromatic carbocycles. The van der Waals surface area contributed by atoms with Crippen molar-refractivity contribution >= 4 is 11.8 Å². The highest BCUT2D eigenvalue weighted by Crippen LogP contribution is 2.44. The molecule has 76 valence electrons. The van der Waals surface area contributed by atoms with Gasteiger partial charge in [0.2, 0.25) is 0 Å². The topological polar surface area (TPSA) is 26.0 Å². The molecule has 1 fully saturated rings. The molecule has 0 amide bonds. The quantitative estimate of drug-likeness (QED) is 0.767. The maximum absolute atomic E-state index is 13.5. The fourth-order valence-electron chi connectivity index (χ4n) is 1.47. The normalized spacial score (nSPS) is 18.3. The lowest BCUT2D eigenvalue weighted by atomic mass is 10.1. The van der Waals surface area contributed by atoms with Gasteiger partial charge in [-0.25, -0.2) is 8.78 Å². The van der Waals surface area contributed by atoms with E-state index in [0.717, 1.165) is 12.8 Å². The number of thioether (sulfide) groups is 1. The monoisotopic (exact) mass is 215 g/mol. The second-order valence-corrected chi connectivity index (χ2v) is 4.47. The molecule has 0 unspecified atom stereocenters. The van der Waals surface area contributed by atoms with E-state index in [1.165, 1.54) is 23.9 Å². The highest BCUT2D eigenvalue weighted by molar-refractivity contribution is 7.98. The van der Waals surface area contributed by atoms with Crippen molar-refractivity contribution in [3.05, 3.63) is 29.3 Å². The molecule has 0 spiro atoms. The van der Waals surface area contributed by atoms with Crippen LogP contribution in [-0.2, 0) is 5.54 Å². The number of halogens is 2. The Morgan fingerprint density at radius 1 is 1.29 bits per heavy atom. The fourth-order valence-corrected chi connectivity index (χ4v) is 1.95. The van der Waals surface area contributed by atoms with E-state index in [2.05, 4.69) is 0 Å². The van der Waals surface area contributed by atoms with Gasteiger partial charge in [0.25, 0.3) is 0 Å². The zero-order valence-corrected chi connectivity index (χ0v) is 8.63. The van der Waals surface area contributed by atoms with Crippen molar-refractivity contribution in [2.75, 3.05) is 6.26 Å². The van der Waals surface area contributed by atoms with E-state index in [9.17, 15) is 8.78 Å². The number of nitrogens with two attached hydrogens (primary N) is 1. The third-order valence-electron chi connectivity index (χ3n) is 2.57. The van der Waals surface area contributed by atoms with Gasteiger partial charge in [0.15, 0.2) is 0 Å². The summed E-state index contributed by atoms with van der Waals surface area (Å²) < 4.78 is 26.8. The summed E-state index contributed by atoms with van der Waals surface area (Å²) in [6.45, 7) is 0. The maximum atomic E-state index is 13.5. The summed E-state index contributed by atoms with van der Waals surface area (Å²) in [5, 5.41) is 0. The lowest BCUT2D eigenvalue weighted by Gasteiger charge is -2.11. The zero-order chi connectivity index (χ0) is 10.3. The van der Waals surface area contributed by atoms with Crippen molar-refractivity contribution in [2.24, 2.45) is 5.73 Å². The average Bonchev–Trinajstić information content (AvgIpc) is 2.88. The Morgan fingerprint density at radius 3 is 2.43 bits per heavy atom. The van der Waals surface area contributed by atoms with Crippen LogP contribution in [0.15, 0.2) is 17.0 Å². The zero-order valence-electron chi connectivity index (χ0n) is 7.81. The molecule has 1 aliphatic carbocycles. The van der Waals surface area contributed by atoms with E-state index in [4.69, 9.17) is 5.73 Å². The molecule has 2 rings (SSSR count). The Balaban J connectivity index is 2.48. The largest absolute Gasteiger partial charge is 0.321 e. The number of hydrogen-bond donors (Lipinski definition) is 1. The first-order valence-electron chi connectivity index (χ1n) is 4.39. The Bertz CT molecular complexity index is 375. The molecule has 1 aromatic rings. The van der Waals surface area contributed by atoms with Crippen LogP contribution in [0.25, 0.3) is 0 Å². The van der Waals surface area contributed by atoms with Crippen LogP contribution >= 0.6 is 11.8 Å². The molecule has 0 saturated heterocycles. The smallest absolute Gasteiger partial charge is 0.137 e. The highest BCUT2D eigenvalue weighted by Gasteiger charge is 2.42. The molecule has 4 heteroatoms. The first-order chi connectivity index (χ1) is 6.57. The van der Waals surface area contributed by atoms with Gasteiger partial charge in [-0.05, 0) is 31.2 Å². The van der Waals surface area contributed by atoms with Crippen molar-refractivity contribution in [1.82, 2.24) is 0 Å². The van der Waals surface area contributed by atoms with E-state index in [0.29, 0.717) is 10.5 Å². The minimum absolute atomic E-state index is 0.313. The Labute approximate surface area is 85.7 Å². The summed E-state index contributed by atoms with van der Waals surface area (Å²) in [4.78, 5) is 0.329. The number of hydrogen-bond acceptors (Lipinski definition) is 2. The van der Waals surface area contributed by atoms with Gasteiger partial charge in [0.05, 0.1) is 0 Å². The molecule has 1 saturated carbocycles. The standard InChI is InChI=1S/C10H11F2NS/c1-14-9-5-7(11)6(4-8(9)12)10(13)2-3-10/h4-5H,2-3,13H2,1H3. The molecular formula is C10H11F2NS. The van der Waals surface area contributed by atoms with E-state index in [-0.39, 0.29) is 5.82 Å². The van der Waals surface area contributed by atoms with Crippen LogP contribution in [0.4, 0.5) is 8.78 Å². The van der Waals surface area contributed by atoms with Gasteiger partial charge in [-0.2, -0.15) is 0 Å². The summed E-state index contributed by atoms with van der Waals surface area (Å²) in [6.07, 6.45) is 3.19. The molecule has 0 bridgehead atoms. The Kier molecular flexibility index (Phi) is 2.27. The van der Waals surface area contributed by atoms with Gasteiger partial charge in [-0.15, -0.1) is 11.8 Å². The molecule has 1 aliphatic rings. The third kappa shape index (κ3) is 1.53. The van der Waals surface area contributed by atoms with Gasteiger partial charge in [-0.3, -0.25) is 0 Å². The van der Waals surface area contributed by atoms with Crippen LogP contribution in [0.2, 0.25) is 0 Å². The molecule has 0 aromatic heterocycles. The maximum Gasteiger partial charge on any atom is 0.137 e. The molecule has 0 atom stereocenters. The summed E-state index contributed by atoms with van der Waals surface area (Å²) in [6, 6.07) is 2.45. The van der Waals surface area contributed by atoms with Crippen molar-refractivity contribution < 1.29 is 8.78 Å². The summed E-state index contributed by atoms with van der Waals surface area (Å²) in [5.74, 6) is -0.777. The van der Waals surface area contributed by atoms with Crippen LogP contribution in [0.1, 0.15) is 18.4 Å². The van der Waals surface area contributed by atoms with Crippen molar-refractivity contribution in [3.63, 3.8) is 0 Å². The van der Waals surface area contributed by atoms with Crippen molar-refractivity contribution in [2.45, 2.75) is 23.3 Å². The van der Waals surface area contributed by atoms with E-state index < -0.39 is 11.4 Å². The van der Waals surface area contributed by atoms with E-state index in [1.54, 1.807) is 6.26 Å². The lowest BCUT2D eigenvalue weighted by Crippen LogP contribution is -2.20. The predicted molar refractivity (Wildman–Crippen MR) is 53.2 cm³/mol.